The Bertz CT molecular complexity index is 166. The number of allylic oxidation sites excluding steroid dienone is 1. The molecule has 60 valence electrons. The van der Waals surface area contributed by atoms with Crippen LogP contribution in [0.25, 0.3) is 0 Å². The second kappa shape index (κ2) is 4.18. The van der Waals surface area contributed by atoms with Crippen molar-refractivity contribution in [2.45, 2.75) is 38.5 Å². The fourth-order valence-corrected chi connectivity index (χ4v) is 1.64. The fourth-order valence-electron chi connectivity index (χ4n) is 1.64. The van der Waals surface area contributed by atoms with E-state index in [0.717, 1.165) is 18.8 Å². The predicted octanol–water partition coefficient (Wildman–Crippen LogP) is 3.04. The Morgan fingerprint density at radius 3 is 2.64 bits per heavy atom. The van der Waals surface area contributed by atoms with Crippen molar-refractivity contribution in [3.05, 3.63) is 12.2 Å². The summed E-state index contributed by atoms with van der Waals surface area (Å²) >= 11 is 0. The number of rotatable bonds is 2. The van der Waals surface area contributed by atoms with Gasteiger partial charge in [-0.15, -0.1) is 0 Å². The van der Waals surface area contributed by atoms with Crippen LogP contribution in [0.15, 0.2) is 12.2 Å². The normalized spacial score (nSPS) is 19.7. The van der Waals surface area contributed by atoms with E-state index in [9.17, 15) is 0 Å². The molecule has 1 saturated carbocycles. The van der Waals surface area contributed by atoms with E-state index in [1.807, 2.05) is 0 Å². The van der Waals surface area contributed by atoms with Gasteiger partial charge in [-0.05, 0) is 38.0 Å². The number of nitrogens with zero attached hydrogens (tertiary/aromatic N) is 1. The van der Waals surface area contributed by atoms with Crippen LogP contribution in [0.2, 0.25) is 0 Å². The first-order chi connectivity index (χ1) is 5.33. The molecule has 0 spiro atoms. The van der Waals surface area contributed by atoms with E-state index >= 15 is 0 Å². The smallest absolute Gasteiger partial charge is 0.0621 e. The fraction of sp³-hybridized carbons (Fsp3) is 0.700. The van der Waals surface area contributed by atoms with Gasteiger partial charge in [-0.1, -0.05) is 12.2 Å². The molecule has 0 bridgehead atoms. The Balaban J connectivity index is 2.18. The Labute approximate surface area is 68.7 Å². The van der Waals surface area contributed by atoms with Crippen molar-refractivity contribution in [3.63, 3.8) is 0 Å². The van der Waals surface area contributed by atoms with Gasteiger partial charge < -0.3 is 0 Å². The van der Waals surface area contributed by atoms with Crippen LogP contribution in [-0.2, 0) is 0 Å². The summed E-state index contributed by atoms with van der Waals surface area (Å²) in [6, 6.07) is 2.20. The molecule has 1 rings (SSSR count). The van der Waals surface area contributed by atoms with Crippen molar-refractivity contribution in [1.29, 1.82) is 5.26 Å². The molecule has 0 saturated heterocycles. The van der Waals surface area contributed by atoms with Crippen LogP contribution in [0.5, 0.6) is 0 Å². The van der Waals surface area contributed by atoms with Gasteiger partial charge in [-0.25, -0.2) is 0 Å². The van der Waals surface area contributed by atoms with E-state index < -0.39 is 0 Å². The maximum absolute atomic E-state index is 8.38. The molecular formula is C10H15N. The molecule has 0 aromatic heterocycles. The zero-order valence-electron chi connectivity index (χ0n) is 6.97. The van der Waals surface area contributed by atoms with Crippen LogP contribution in [0.4, 0.5) is 0 Å². The molecule has 1 aliphatic carbocycles. The molecule has 0 aromatic carbocycles. The first-order valence-electron chi connectivity index (χ1n) is 4.36. The summed E-state index contributed by atoms with van der Waals surface area (Å²) < 4.78 is 0. The van der Waals surface area contributed by atoms with E-state index in [-0.39, 0.29) is 0 Å². The van der Waals surface area contributed by atoms with Crippen LogP contribution < -0.4 is 0 Å². The van der Waals surface area contributed by atoms with Gasteiger partial charge in [0.05, 0.1) is 6.07 Å². The highest BCUT2D eigenvalue weighted by molar-refractivity contribution is 4.98. The zero-order valence-corrected chi connectivity index (χ0v) is 6.97. The molecule has 0 aliphatic heterocycles. The highest BCUT2D eigenvalue weighted by atomic mass is 14.2. The molecule has 0 aromatic rings. The number of nitriles is 1. The molecule has 0 atom stereocenters. The molecule has 1 heteroatoms. The number of hydrogen-bond donors (Lipinski definition) is 0. The van der Waals surface area contributed by atoms with Gasteiger partial charge in [-0.2, -0.15) is 5.26 Å². The highest BCUT2D eigenvalue weighted by Crippen LogP contribution is 2.29. The lowest BCUT2D eigenvalue weighted by Crippen LogP contribution is -2.06. The molecule has 0 radical (unpaired) electrons. The van der Waals surface area contributed by atoms with Crippen LogP contribution in [0.1, 0.15) is 38.5 Å². The Kier molecular flexibility index (Phi) is 3.16. The highest BCUT2D eigenvalue weighted by Gasteiger charge is 2.14. The molecular weight excluding hydrogens is 134 g/mol. The van der Waals surface area contributed by atoms with E-state index in [0.29, 0.717) is 0 Å². The first-order valence-corrected chi connectivity index (χ1v) is 4.36. The van der Waals surface area contributed by atoms with Crippen LogP contribution in [0.3, 0.4) is 0 Å². The van der Waals surface area contributed by atoms with Gasteiger partial charge in [0.15, 0.2) is 0 Å². The van der Waals surface area contributed by atoms with E-state index in [1.54, 1.807) is 0 Å². The van der Waals surface area contributed by atoms with E-state index in [2.05, 4.69) is 12.6 Å². The maximum Gasteiger partial charge on any atom is 0.0621 e. The van der Waals surface area contributed by atoms with Gasteiger partial charge in [0.1, 0.15) is 0 Å². The van der Waals surface area contributed by atoms with Gasteiger partial charge in [0, 0.05) is 6.42 Å². The van der Waals surface area contributed by atoms with Crippen molar-refractivity contribution in [3.8, 4) is 6.07 Å². The monoisotopic (exact) mass is 149 g/mol. The summed E-state index contributed by atoms with van der Waals surface area (Å²) in [5.41, 5.74) is 1.40. The largest absolute Gasteiger partial charge is 0.198 e. The van der Waals surface area contributed by atoms with Crippen LogP contribution in [0, 0.1) is 17.2 Å². The molecule has 0 unspecified atom stereocenters. The van der Waals surface area contributed by atoms with Crippen molar-refractivity contribution in [2.24, 2.45) is 5.92 Å². The average molecular weight is 149 g/mol. The second-order valence-electron chi connectivity index (χ2n) is 3.39. The summed E-state index contributed by atoms with van der Waals surface area (Å²) in [7, 11) is 0. The Morgan fingerprint density at radius 1 is 1.45 bits per heavy atom. The second-order valence-corrected chi connectivity index (χ2v) is 3.39. The molecule has 1 fully saturated rings. The van der Waals surface area contributed by atoms with Crippen molar-refractivity contribution in [2.75, 3.05) is 0 Å². The third-order valence-electron chi connectivity index (χ3n) is 2.48. The van der Waals surface area contributed by atoms with Gasteiger partial charge in [0.2, 0.25) is 0 Å². The Morgan fingerprint density at radius 2 is 2.09 bits per heavy atom. The van der Waals surface area contributed by atoms with Crippen molar-refractivity contribution in [1.82, 2.24) is 0 Å². The lowest BCUT2D eigenvalue weighted by molar-refractivity contribution is 0.388. The van der Waals surface area contributed by atoms with Crippen molar-refractivity contribution < 1.29 is 0 Å². The zero-order chi connectivity index (χ0) is 8.10. The lowest BCUT2D eigenvalue weighted by atomic mass is 9.84. The summed E-state index contributed by atoms with van der Waals surface area (Å²) in [4.78, 5) is 0. The van der Waals surface area contributed by atoms with E-state index in [4.69, 9.17) is 5.26 Å². The maximum atomic E-state index is 8.38. The van der Waals surface area contributed by atoms with Gasteiger partial charge in [0.25, 0.3) is 0 Å². The molecule has 0 N–H and O–H groups in total. The van der Waals surface area contributed by atoms with Crippen LogP contribution >= 0.6 is 0 Å². The molecule has 11 heavy (non-hydrogen) atoms. The summed E-state index contributed by atoms with van der Waals surface area (Å²) in [5, 5.41) is 8.38. The van der Waals surface area contributed by atoms with Crippen LogP contribution in [-0.4, -0.2) is 0 Å². The molecule has 1 aliphatic rings. The predicted molar refractivity (Wildman–Crippen MR) is 45.9 cm³/mol. The van der Waals surface area contributed by atoms with Gasteiger partial charge >= 0.3 is 0 Å². The minimum absolute atomic E-state index is 0.733. The summed E-state index contributed by atoms with van der Waals surface area (Å²) in [6.07, 6.45) is 6.74. The summed E-state index contributed by atoms with van der Waals surface area (Å²) in [5.74, 6) is 0.806. The molecule has 0 amide bonds. The van der Waals surface area contributed by atoms with Gasteiger partial charge in [-0.3, -0.25) is 0 Å². The average Bonchev–Trinajstić information content (AvgIpc) is 2.04. The minimum Gasteiger partial charge on any atom is -0.198 e. The molecule has 1 nitrogen and oxygen atoms in total. The standard InChI is InChI=1S/C10H15N/c1-9-4-6-10(7-5-9)3-2-8-11/h10H,1-7H2. The first kappa shape index (κ1) is 8.33. The van der Waals surface area contributed by atoms with E-state index in [1.165, 1.54) is 31.3 Å². The third kappa shape index (κ3) is 2.76. The SMILES string of the molecule is C=C1CCC(CCC#N)CC1. The molecule has 0 heterocycles. The topological polar surface area (TPSA) is 23.8 Å². The Hall–Kier alpha value is -0.770. The minimum atomic E-state index is 0.733. The summed E-state index contributed by atoms with van der Waals surface area (Å²) in [6.45, 7) is 3.96. The quantitative estimate of drug-likeness (QED) is 0.553. The van der Waals surface area contributed by atoms with Crippen molar-refractivity contribution >= 4 is 0 Å². The lowest BCUT2D eigenvalue weighted by Gasteiger charge is -2.21. The number of hydrogen-bond acceptors (Lipinski definition) is 1. The third-order valence-corrected chi connectivity index (χ3v) is 2.48.